The third-order valence-corrected chi connectivity index (χ3v) is 3.61. The van der Waals surface area contributed by atoms with E-state index in [1.54, 1.807) is 0 Å². The molecule has 0 saturated carbocycles. The molecule has 0 aliphatic carbocycles. The van der Waals surface area contributed by atoms with Crippen LogP contribution in [-0.2, 0) is 10.1 Å². The lowest BCUT2D eigenvalue weighted by molar-refractivity contribution is 0.414. The molecule has 0 unspecified atom stereocenters. The molecule has 0 saturated heterocycles. The Morgan fingerprint density at radius 3 is 2.26 bits per heavy atom. The summed E-state index contributed by atoms with van der Waals surface area (Å²) in [6, 6.07) is 10.6. The molecule has 6 heteroatoms. The van der Waals surface area contributed by atoms with Crippen molar-refractivity contribution < 1.29 is 21.7 Å². The maximum Gasteiger partial charge on any atom is 0.339 e. The van der Waals surface area contributed by atoms with Crippen LogP contribution in [0.4, 0.5) is 4.39 Å². The van der Waals surface area contributed by atoms with Gasteiger partial charge in [0.15, 0.2) is 0 Å². The molecule has 2 rings (SSSR count). The van der Waals surface area contributed by atoms with E-state index < -0.39 is 15.9 Å². The summed E-state index contributed by atoms with van der Waals surface area (Å²) in [5.74, 6) is -0.108. The first-order valence-electron chi connectivity index (χ1n) is 5.35. The summed E-state index contributed by atoms with van der Waals surface area (Å²) in [6.07, 6.45) is 0. The fourth-order valence-corrected chi connectivity index (χ4v) is 2.36. The van der Waals surface area contributed by atoms with Crippen molar-refractivity contribution in [1.29, 1.82) is 0 Å². The number of rotatable bonds is 4. The zero-order valence-corrected chi connectivity index (χ0v) is 10.9. The van der Waals surface area contributed by atoms with Crippen LogP contribution < -0.4 is 8.92 Å². The van der Waals surface area contributed by atoms with E-state index in [0.29, 0.717) is 5.75 Å². The van der Waals surface area contributed by atoms with E-state index in [1.807, 2.05) is 0 Å². The van der Waals surface area contributed by atoms with Gasteiger partial charge < -0.3 is 8.92 Å². The summed E-state index contributed by atoms with van der Waals surface area (Å²) in [7, 11) is -2.50. The van der Waals surface area contributed by atoms with Crippen molar-refractivity contribution in [3.63, 3.8) is 0 Å². The Hall–Kier alpha value is -2.08. The lowest BCUT2D eigenvalue weighted by Crippen LogP contribution is -2.09. The predicted octanol–water partition coefficient (Wildman–Crippen LogP) is 2.60. The minimum absolute atomic E-state index is 0.0300. The third kappa shape index (κ3) is 3.23. The molecule has 0 bridgehead atoms. The van der Waals surface area contributed by atoms with Crippen molar-refractivity contribution in [3.8, 4) is 11.5 Å². The second-order valence-electron chi connectivity index (χ2n) is 3.67. The van der Waals surface area contributed by atoms with Gasteiger partial charge in [0.2, 0.25) is 0 Å². The molecule has 100 valence electrons. The van der Waals surface area contributed by atoms with Gasteiger partial charge in [-0.2, -0.15) is 8.42 Å². The SMILES string of the molecule is COc1ccc(S(=O)(=O)Oc2cccc(F)c2)cc1. The van der Waals surface area contributed by atoms with E-state index >= 15 is 0 Å². The van der Waals surface area contributed by atoms with Gasteiger partial charge in [-0.05, 0) is 36.4 Å². The van der Waals surface area contributed by atoms with Gasteiger partial charge in [0.25, 0.3) is 0 Å². The minimum atomic E-state index is -3.98. The van der Waals surface area contributed by atoms with E-state index in [-0.39, 0.29) is 10.6 Å². The van der Waals surface area contributed by atoms with Crippen molar-refractivity contribution >= 4 is 10.1 Å². The van der Waals surface area contributed by atoms with Crippen LogP contribution in [0, 0.1) is 5.82 Å². The van der Waals surface area contributed by atoms with Gasteiger partial charge >= 0.3 is 10.1 Å². The molecule has 0 aliphatic heterocycles. The number of benzene rings is 2. The third-order valence-electron chi connectivity index (χ3n) is 2.35. The van der Waals surface area contributed by atoms with E-state index in [1.165, 1.54) is 49.6 Å². The molecular formula is C13H11FO4S. The molecule has 0 aromatic heterocycles. The summed E-state index contributed by atoms with van der Waals surface area (Å²) < 4.78 is 46.6. The predicted molar refractivity (Wildman–Crippen MR) is 67.2 cm³/mol. The number of ether oxygens (including phenoxy) is 1. The number of hydrogen-bond donors (Lipinski definition) is 0. The highest BCUT2D eigenvalue weighted by Crippen LogP contribution is 2.21. The fourth-order valence-electron chi connectivity index (χ4n) is 1.44. The molecule has 0 N–H and O–H groups in total. The standard InChI is InChI=1S/C13H11FO4S/c1-17-11-5-7-13(8-6-11)19(15,16)18-12-4-2-3-10(14)9-12/h2-9H,1H3. The Kier molecular flexibility index (Phi) is 3.71. The maximum absolute atomic E-state index is 13.0. The molecule has 0 amide bonds. The van der Waals surface area contributed by atoms with E-state index in [4.69, 9.17) is 8.92 Å². The van der Waals surface area contributed by atoms with Gasteiger partial charge in [-0.3, -0.25) is 0 Å². The quantitative estimate of drug-likeness (QED) is 0.809. The zero-order chi connectivity index (χ0) is 13.9. The Morgan fingerprint density at radius 2 is 1.68 bits per heavy atom. The summed E-state index contributed by atoms with van der Waals surface area (Å²) in [5.41, 5.74) is 0. The van der Waals surface area contributed by atoms with Crippen molar-refractivity contribution in [2.24, 2.45) is 0 Å². The number of halogens is 1. The van der Waals surface area contributed by atoms with Crippen LogP contribution in [0.3, 0.4) is 0 Å². The monoisotopic (exact) mass is 282 g/mol. The highest BCUT2D eigenvalue weighted by atomic mass is 32.2. The molecule has 4 nitrogen and oxygen atoms in total. The first kappa shape index (κ1) is 13.4. The van der Waals surface area contributed by atoms with Gasteiger partial charge in [-0.1, -0.05) is 6.07 Å². The minimum Gasteiger partial charge on any atom is -0.497 e. The van der Waals surface area contributed by atoms with Gasteiger partial charge in [0.1, 0.15) is 22.2 Å². The van der Waals surface area contributed by atoms with Crippen LogP contribution >= 0.6 is 0 Å². The Balaban J connectivity index is 2.27. The summed E-state index contributed by atoms with van der Waals surface area (Å²) in [5, 5.41) is 0. The average Bonchev–Trinajstić information content (AvgIpc) is 2.38. The highest BCUT2D eigenvalue weighted by Gasteiger charge is 2.16. The molecule has 0 radical (unpaired) electrons. The Morgan fingerprint density at radius 1 is 1.00 bits per heavy atom. The van der Waals surface area contributed by atoms with Gasteiger partial charge in [-0.25, -0.2) is 4.39 Å². The normalized spacial score (nSPS) is 11.1. The summed E-state index contributed by atoms with van der Waals surface area (Å²) >= 11 is 0. The van der Waals surface area contributed by atoms with Crippen molar-refractivity contribution in [2.45, 2.75) is 4.90 Å². The van der Waals surface area contributed by atoms with E-state index in [0.717, 1.165) is 6.07 Å². The van der Waals surface area contributed by atoms with Crippen molar-refractivity contribution in [3.05, 3.63) is 54.3 Å². The highest BCUT2D eigenvalue weighted by molar-refractivity contribution is 7.87. The summed E-state index contributed by atoms with van der Waals surface area (Å²) in [6.45, 7) is 0. The molecular weight excluding hydrogens is 271 g/mol. The van der Waals surface area contributed by atoms with Crippen LogP contribution in [0.25, 0.3) is 0 Å². The molecule has 0 atom stereocenters. The van der Waals surface area contributed by atoms with Crippen molar-refractivity contribution in [1.82, 2.24) is 0 Å². The fraction of sp³-hybridized carbons (Fsp3) is 0.0769. The zero-order valence-electron chi connectivity index (χ0n) is 10.0. The first-order chi connectivity index (χ1) is 9.01. The largest absolute Gasteiger partial charge is 0.497 e. The second kappa shape index (κ2) is 5.27. The van der Waals surface area contributed by atoms with Gasteiger partial charge in [0, 0.05) is 6.07 Å². The smallest absolute Gasteiger partial charge is 0.339 e. The number of hydrogen-bond acceptors (Lipinski definition) is 4. The maximum atomic E-state index is 13.0. The Bertz CT molecular complexity index is 665. The molecule has 2 aromatic carbocycles. The van der Waals surface area contributed by atoms with Crippen LogP contribution in [0.15, 0.2) is 53.4 Å². The van der Waals surface area contributed by atoms with Gasteiger partial charge in [-0.15, -0.1) is 0 Å². The summed E-state index contributed by atoms with van der Waals surface area (Å²) in [4.78, 5) is -0.0300. The van der Waals surface area contributed by atoms with Crippen LogP contribution in [0.2, 0.25) is 0 Å². The van der Waals surface area contributed by atoms with Crippen molar-refractivity contribution in [2.75, 3.05) is 7.11 Å². The van der Waals surface area contributed by atoms with Crippen LogP contribution in [-0.4, -0.2) is 15.5 Å². The van der Waals surface area contributed by atoms with Crippen LogP contribution in [0.1, 0.15) is 0 Å². The van der Waals surface area contributed by atoms with Crippen LogP contribution in [0.5, 0.6) is 11.5 Å². The molecule has 0 spiro atoms. The topological polar surface area (TPSA) is 52.6 Å². The first-order valence-corrected chi connectivity index (χ1v) is 6.76. The second-order valence-corrected chi connectivity index (χ2v) is 5.22. The molecule has 2 aromatic rings. The van der Waals surface area contributed by atoms with E-state index in [2.05, 4.69) is 0 Å². The Labute approximate surface area is 110 Å². The molecule has 19 heavy (non-hydrogen) atoms. The van der Waals surface area contributed by atoms with Gasteiger partial charge in [0.05, 0.1) is 7.11 Å². The average molecular weight is 282 g/mol. The molecule has 0 aliphatic rings. The molecule has 0 fully saturated rings. The van der Waals surface area contributed by atoms with E-state index in [9.17, 15) is 12.8 Å². The lowest BCUT2D eigenvalue weighted by Gasteiger charge is -2.07. The molecule has 0 heterocycles. The number of methoxy groups -OCH3 is 1. The lowest BCUT2D eigenvalue weighted by atomic mass is 10.3.